The van der Waals surface area contributed by atoms with Gasteiger partial charge >= 0.3 is 0 Å². The zero-order valence-corrected chi connectivity index (χ0v) is 14.6. The highest BCUT2D eigenvalue weighted by atomic mass is 16.2. The third kappa shape index (κ3) is 3.13. The zero-order chi connectivity index (χ0) is 17.4. The molecule has 2 amide bonds. The lowest BCUT2D eigenvalue weighted by Crippen LogP contribution is -2.35. The number of aromatic amines is 1. The number of rotatable bonds is 4. The summed E-state index contributed by atoms with van der Waals surface area (Å²) in [4.78, 5) is 36.3. The van der Waals surface area contributed by atoms with Crippen molar-refractivity contribution in [2.24, 2.45) is 0 Å². The van der Waals surface area contributed by atoms with Crippen molar-refractivity contribution in [2.75, 3.05) is 19.6 Å². The van der Waals surface area contributed by atoms with Crippen LogP contribution in [0.15, 0.2) is 18.2 Å². The highest BCUT2D eigenvalue weighted by Crippen LogP contribution is 2.32. The van der Waals surface area contributed by atoms with Gasteiger partial charge in [-0.2, -0.15) is 0 Å². The Morgan fingerprint density at radius 2 is 2.20 bits per heavy atom. The molecule has 2 fully saturated rings. The Morgan fingerprint density at radius 1 is 1.32 bits per heavy atom. The smallest absolute Gasteiger partial charge is 0.224 e. The Morgan fingerprint density at radius 3 is 3.00 bits per heavy atom. The quantitative estimate of drug-likeness (QED) is 0.930. The Balaban J connectivity index is 1.47. The summed E-state index contributed by atoms with van der Waals surface area (Å²) in [5.74, 6) is 1.18. The fourth-order valence-corrected chi connectivity index (χ4v) is 3.97. The molecular weight excluding hydrogens is 316 g/mol. The molecule has 1 aromatic carbocycles. The Kier molecular flexibility index (Phi) is 4.19. The van der Waals surface area contributed by atoms with Gasteiger partial charge in [0.15, 0.2) is 0 Å². The maximum absolute atomic E-state index is 12.7. The van der Waals surface area contributed by atoms with E-state index in [1.54, 1.807) is 0 Å². The number of hydrogen-bond acceptors (Lipinski definition) is 3. The predicted molar refractivity (Wildman–Crippen MR) is 94.9 cm³/mol. The number of nitrogens with one attached hydrogen (secondary N) is 1. The van der Waals surface area contributed by atoms with Gasteiger partial charge < -0.3 is 14.8 Å². The Labute approximate surface area is 147 Å². The highest BCUT2D eigenvalue weighted by Gasteiger charge is 2.32. The van der Waals surface area contributed by atoms with Crippen LogP contribution in [0.2, 0.25) is 0 Å². The molecule has 132 valence electrons. The van der Waals surface area contributed by atoms with Crippen LogP contribution in [0.5, 0.6) is 0 Å². The molecule has 0 radical (unpaired) electrons. The van der Waals surface area contributed by atoms with Crippen molar-refractivity contribution in [3.8, 4) is 0 Å². The average molecular weight is 340 g/mol. The predicted octanol–water partition coefficient (Wildman–Crippen LogP) is 2.55. The van der Waals surface area contributed by atoms with Crippen molar-refractivity contribution in [1.29, 1.82) is 0 Å². The van der Waals surface area contributed by atoms with Crippen molar-refractivity contribution < 1.29 is 9.59 Å². The minimum absolute atomic E-state index is 0.0227. The van der Waals surface area contributed by atoms with Gasteiger partial charge in [0.1, 0.15) is 5.82 Å². The van der Waals surface area contributed by atoms with E-state index in [0.29, 0.717) is 19.4 Å². The second kappa shape index (κ2) is 6.50. The minimum atomic E-state index is 0.0227. The van der Waals surface area contributed by atoms with Gasteiger partial charge in [-0.3, -0.25) is 9.59 Å². The van der Waals surface area contributed by atoms with Crippen molar-refractivity contribution in [3.63, 3.8) is 0 Å². The summed E-state index contributed by atoms with van der Waals surface area (Å²) in [7, 11) is 0. The number of aryl methyl sites for hydroxylation is 1. The van der Waals surface area contributed by atoms with Gasteiger partial charge in [-0.05, 0) is 43.9 Å². The molecular formula is C19H24N4O2. The van der Waals surface area contributed by atoms with Crippen LogP contribution in [0.4, 0.5) is 0 Å². The maximum atomic E-state index is 12.7. The summed E-state index contributed by atoms with van der Waals surface area (Å²) < 4.78 is 0. The molecule has 2 aliphatic rings. The fraction of sp³-hybridized carbons (Fsp3) is 0.526. The average Bonchev–Trinajstić information content (AvgIpc) is 3.30. The summed E-state index contributed by atoms with van der Waals surface area (Å²) in [5.41, 5.74) is 3.16. The third-order valence-corrected chi connectivity index (χ3v) is 5.31. The van der Waals surface area contributed by atoms with Gasteiger partial charge in [0.2, 0.25) is 11.8 Å². The van der Waals surface area contributed by atoms with Crippen LogP contribution >= 0.6 is 0 Å². The van der Waals surface area contributed by atoms with Crippen molar-refractivity contribution in [1.82, 2.24) is 19.8 Å². The number of amides is 2. The van der Waals surface area contributed by atoms with Crippen LogP contribution in [0.3, 0.4) is 0 Å². The summed E-state index contributed by atoms with van der Waals surface area (Å²) in [6.07, 6.45) is 3.88. The fourth-order valence-electron chi connectivity index (χ4n) is 3.97. The van der Waals surface area contributed by atoms with Crippen LogP contribution in [0.25, 0.3) is 11.0 Å². The minimum Gasteiger partial charge on any atom is -0.342 e. The number of carbonyl (C=O) groups excluding carboxylic acids is 2. The van der Waals surface area contributed by atoms with Crippen LogP contribution in [0, 0.1) is 6.92 Å². The number of carbonyl (C=O) groups is 2. The van der Waals surface area contributed by atoms with Crippen molar-refractivity contribution >= 4 is 22.8 Å². The van der Waals surface area contributed by atoms with E-state index in [9.17, 15) is 9.59 Å². The summed E-state index contributed by atoms with van der Waals surface area (Å²) in [6, 6.07) is 6.18. The van der Waals surface area contributed by atoms with Crippen LogP contribution in [-0.4, -0.2) is 51.2 Å². The third-order valence-electron chi connectivity index (χ3n) is 5.31. The van der Waals surface area contributed by atoms with E-state index in [0.717, 1.165) is 49.2 Å². The van der Waals surface area contributed by atoms with Crippen LogP contribution in [0.1, 0.15) is 49.5 Å². The molecule has 1 aromatic heterocycles. The van der Waals surface area contributed by atoms with E-state index < -0.39 is 0 Å². The zero-order valence-electron chi connectivity index (χ0n) is 14.6. The maximum Gasteiger partial charge on any atom is 0.224 e. The molecule has 0 unspecified atom stereocenters. The van der Waals surface area contributed by atoms with Gasteiger partial charge in [-0.15, -0.1) is 0 Å². The topological polar surface area (TPSA) is 69.3 Å². The number of H-pyrrole nitrogens is 1. The number of likely N-dealkylation sites (tertiary alicyclic amines) is 2. The lowest BCUT2D eigenvalue weighted by Gasteiger charge is -2.24. The van der Waals surface area contributed by atoms with Crippen LogP contribution < -0.4 is 0 Å². The summed E-state index contributed by atoms with van der Waals surface area (Å²) >= 11 is 0. The second-order valence-electron chi connectivity index (χ2n) is 7.12. The van der Waals surface area contributed by atoms with E-state index >= 15 is 0 Å². The first-order valence-electron chi connectivity index (χ1n) is 9.15. The molecule has 0 bridgehead atoms. The van der Waals surface area contributed by atoms with E-state index in [2.05, 4.69) is 24.0 Å². The summed E-state index contributed by atoms with van der Waals surface area (Å²) in [5, 5.41) is 0. The molecule has 6 heteroatoms. The molecule has 25 heavy (non-hydrogen) atoms. The number of aromatic nitrogens is 2. The molecule has 2 aromatic rings. The molecule has 4 rings (SSSR count). The number of imidazole rings is 1. The van der Waals surface area contributed by atoms with E-state index in [1.165, 1.54) is 5.56 Å². The molecule has 1 atom stereocenters. The normalized spacial score (nSPS) is 20.8. The van der Waals surface area contributed by atoms with Gasteiger partial charge in [-0.1, -0.05) is 6.07 Å². The molecule has 3 heterocycles. The monoisotopic (exact) mass is 340 g/mol. The molecule has 0 spiro atoms. The van der Waals surface area contributed by atoms with Gasteiger partial charge in [0, 0.05) is 32.5 Å². The number of hydrogen-bond donors (Lipinski definition) is 1. The molecule has 1 N–H and O–H groups in total. The number of fused-ring (bicyclic) bond motifs is 1. The lowest BCUT2D eigenvalue weighted by atomic mass is 10.2. The van der Waals surface area contributed by atoms with Crippen molar-refractivity contribution in [3.05, 3.63) is 29.6 Å². The van der Waals surface area contributed by atoms with E-state index in [-0.39, 0.29) is 17.9 Å². The van der Waals surface area contributed by atoms with Gasteiger partial charge in [0.05, 0.1) is 17.1 Å². The molecule has 0 saturated carbocycles. The van der Waals surface area contributed by atoms with Gasteiger partial charge in [0.25, 0.3) is 0 Å². The molecule has 2 saturated heterocycles. The number of benzene rings is 1. The Bertz CT molecular complexity index is 813. The second-order valence-corrected chi connectivity index (χ2v) is 7.12. The first-order chi connectivity index (χ1) is 12.1. The molecule has 0 aliphatic carbocycles. The van der Waals surface area contributed by atoms with Crippen LogP contribution in [-0.2, 0) is 9.59 Å². The number of nitrogens with zero attached hydrogens (tertiary/aromatic N) is 3. The first-order valence-corrected chi connectivity index (χ1v) is 9.15. The standard InChI is InChI=1S/C19H24N4O2/c1-13-6-7-14-15(12-13)21-19(20-14)16-4-2-10-23(16)18(25)8-11-22-9-3-5-17(22)24/h6-7,12,16H,2-5,8-11H2,1H3,(H,20,21)/t16-/m1/s1. The largest absolute Gasteiger partial charge is 0.342 e. The van der Waals surface area contributed by atoms with Gasteiger partial charge in [-0.25, -0.2) is 4.98 Å². The first kappa shape index (κ1) is 16.1. The molecule has 2 aliphatic heterocycles. The molecule has 6 nitrogen and oxygen atoms in total. The Hall–Kier alpha value is -2.37. The van der Waals surface area contributed by atoms with E-state index in [1.807, 2.05) is 15.9 Å². The summed E-state index contributed by atoms with van der Waals surface area (Å²) in [6.45, 7) is 4.16. The highest BCUT2D eigenvalue weighted by molar-refractivity contribution is 5.81. The lowest BCUT2D eigenvalue weighted by molar-refractivity contribution is -0.133. The van der Waals surface area contributed by atoms with Crippen molar-refractivity contribution in [2.45, 2.75) is 45.1 Å². The van der Waals surface area contributed by atoms with E-state index in [4.69, 9.17) is 4.98 Å². The SMILES string of the molecule is Cc1ccc2nc([C@H]3CCCN3C(=O)CCN3CCCC3=O)[nH]c2c1.